The highest BCUT2D eigenvalue weighted by Crippen LogP contribution is 2.17. The molecular formula is C15H19NO2. The van der Waals surface area contributed by atoms with Gasteiger partial charge in [-0.2, -0.15) is 0 Å². The molecule has 0 fully saturated rings. The fourth-order valence-electron chi connectivity index (χ4n) is 1.67. The van der Waals surface area contributed by atoms with E-state index in [1.165, 1.54) is 5.56 Å². The molecule has 0 spiro atoms. The van der Waals surface area contributed by atoms with Gasteiger partial charge in [-0.15, -0.1) is 0 Å². The number of esters is 1. The predicted molar refractivity (Wildman–Crippen MR) is 73.9 cm³/mol. The summed E-state index contributed by atoms with van der Waals surface area (Å²) < 4.78 is 4.85. The van der Waals surface area contributed by atoms with Gasteiger partial charge in [-0.1, -0.05) is 36.9 Å². The van der Waals surface area contributed by atoms with Gasteiger partial charge in [0.2, 0.25) is 0 Å². The first-order valence-electron chi connectivity index (χ1n) is 5.85. The average molecular weight is 245 g/mol. The molecule has 0 aliphatic heterocycles. The van der Waals surface area contributed by atoms with Gasteiger partial charge in [0, 0.05) is 11.3 Å². The molecule has 0 aliphatic rings. The van der Waals surface area contributed by atoms with Crippen molar-refractivity contribution in [3.05, 3.63) is 53.7 Å². The molecule has 96 valence electrons. The highest BCUT2D eigenvalue weighted by Gasteiger charge is 2.10. The van der Waals surface area contributed by atoms with Gasteiger partial charge in [0.15, 0.2) is 0 Å². The Hall–Kier alpha value is -2.03. The lowest BCUT2D eigenvalue weighted by molar-refractivity contribution is -0.138. The van der Waals surface area contributed by atoms with Crippen molar-refractivity contribution < 1.29 is 9.53 Å². The first-order chi connectivity index (χ1) is 8.45. The van der Waals surface area contributed by atoms with E-state index in [-0.39, 0.29) is 5.70 Å². The molecular weight excluding hydrogens is 226 g/mol. The molecule has 3 nitrogen and oxygen atoms in total. The minimum Gasteiger partial charge on any atom is -0.461 e. The number of rotatable bonds is 5. The predicted octanol–water partition coefficient (Wildman–Crippen LogP) is 2.94. The van der Waals surface area contributed by atoms with Crippen LogP contribution >= 0.6 is 0 Å². The number of aryl methyl sites for hydroxylation is 2. The third kappa shape index (κ3) is 3.48. The molecule has 0 bridgehead atoms. The van der Waals surface area contributed by atoms with E-state index in [1.54, 1.807) is 6.92 Å². The third-order valence-corrected chi connectivity index (χ3v) is 2.53. The van der Waals surface area contributed by atoms with E-state index in [1.807, 2.05) is 26.0 Å². The maximum absolute atomic E-state index is 11.4. The van der Waals surface area contributed by atoms with Crippen LogP contribution in [0, 0.1) is 13.8 Å². The van der Waals surface area contributed by atoms with E-state index in [0.29, 0.717) is 12.3 Å². The second kappa shape index (κ2) is 6.05. The molecule has 1 aromatic carbocycles. The zero-order valence-corrected chi connectivity index (χ0v) is 11.2. The number of ether oxygens (including phenoxy) is 1. The van der Waals surface area contributed by atoms with Crippen molar-refractivity contribution in [1.29, 1.82) is 0 Å². The Morgan fingerprint density at radius 2 is 2.00 bits per heavy atom. The number of hydrogen-bond acceptors (Lipinski definition) is 3. The fraction of sp³-hybridized carbons (Fsp3) is 0.267. The van der Waals surface area contributed by atoms with Gasteiger partial charge >= 0.3 is 5.97 Å². The smallest absolute Gasteiger partial charge is 0.354 e. The van der Waals surface area contributed by atoms with E-state index in [9.17, 15) is 4.79 Å². The van der Waals surface area contributed by atoms with E-state index in [4.69, 9.17) is 4.74 Å². The molecule has 0 radical (unpaired) electrons. The summed E-state index contributed by atoms with van der Waals surface area (Å²) in [6.07, 6.45) is 0. The molecule has 0 aromatic heterocycles. The molecule has 0 heterocycles. The fourth-order valence-corrected chi connectivity index (χ4v) is 1.67. The maximum atomic E-state index is 11.4. The Labute approximate surface area is 108 Å². The Balaban J connectivity index is 2.77. The quantitative estimate of drug-likeness (QED) is 0.640. The van der Waals surface area contributed by atoms with Gasteiger partial charge in [0.05, 0.1) is 6.61 Å². The maximum Gasteiger partial charge on any atom is 0.354 e. The topological polar surface area (TPSA) is 38.3 Å². The lowest BCUT2D eigenvalue weighted by atomic mass is 10.0. The zero-order chi connectivity index (χ0) is 13.7. The van der Waals surface area contributed by atoms with Crippen LogP contribution in [0.25, 0.3) is 5.70 Å². The van der Waals surface area contributed by atoms with Crippen LogP contribution in [0.3, 0.4) is 0 Å². The Kier molecular flexibility index (Phi) is 4.72. The van der Waals surface area contributed by atoms with Crippen LogP contribution in [0.15, 0.2) is 37.1 Å². The van der Waals surface area contributed by atoms with Crippen LogP contribution < -0.4 is 5.32 Å². The van der Waals surface area contributed by atoms with Crippen molar-refractivity contribution in [2.24, 2.45) is 0 Å². The third-order valence-electron chi connectivity index (χ3n) is 2.53. The van der Waals surface area contributed by atoms with Gasteiger partial charge in [0.25, 0.3) is 0 Å². The summed E-state index contributed by atoms with van der Waals surface area (Å²) in [5, 5.41) is 2.88. The van der Waals surface area contributed by atoms with Crippen LogP contribution in [0.4, 0.5) is 0 Å². The lowest BCUT2D eigenvalue weighted by Gasteiger charge is -2.13. The van der Waals surface area contributed by atoms with E-state index < -0.39 is 5.97 Å². The van der Waals surface area contributed by atoms with Crippen molar-refractivity contribution in [1.82, 2.24) is 5.32 Å². The normalized spacial score (nSPS) is 9.72. The van der Waals surface area contributed by atoms with Gasteiger partial charge in [-0.3, -0.25) is 0 Å². The molecule has 0 saturated heterocycles. The van der Waals surface area contributed by atoms with Crippen LogP contribution in [-0.2, 0) is 9.53 Å². The van der Waals surface area contributed by atoms with Crippen LogP contribution in [-0.4, -0.2) is 12.6 Å². The monoisotopic (exact) mass is 245 g/mol. The summed E-state index contributed by atoms with van der Waals surface area (Å²) in [5.41, 5.74) is 4.09. The molecule has 0 aliphatic carbocycles. The number of benzene rings is 1. The molecule has 1 N–H and O–H groups in total. The zero-order valence-electron chi connectivity index (χ0n) is 11.2. The Morgan fingerprint density at radius 1 is 1.33 bits per heavy atom. The van der Waals surface area contributed by atoms with E-state index in [0.717, 1.165) is 11.1 Å². The van der Waals surface area contributed by atoms with Crippen LogP contribution in [0.5, 0.6) is 0 Å². The Morgan fingerprint density at radius 3 is 2.56 bits per heavy atom. The second-order valence-electron chi connectivity index (χ2n) is 4.12. The standard InChI is InChI=1S/C15H19NO2/c1-6-18-15(17)13(5)16-12(4)14-8-7-10(2)9-11(14)3/h7-9,16H,4-6H2,1-3H3. The van der Waals surface area contributed by atoms with Crippen molar-refractivity contribution >= 4 is 11.7 Å². The minimum atomic E-state index is -0.455. The van der Waals surface area contributed by atoms with E-state index >= 15 is 0 Å². The van der Waals surface area contributed by atoms with Crippen molar-refractivity contribution in [2.45, 2.75) is 20.8 Å². The Bertz CT molecular complexity index is 489. The second-order valence-corrected chi connectivity index (χ2v) is 4.12. The molecule has 1 aromatic rings. The summed E-state index contributed by atoms with van der Waals surface area (Å²) >= 11 is 0. The van der Waals surface area contributed by atoms with Crippen molar-refractivity contribution in [2.75, 3.05) is 6.61 Å². The number of carbonyl (C=O) groups is 1. The molecule has 0 amide bonds. The SMILES string of the molecule is C=C(NC(=C)c1ccc(C)cc1C)C(=O)OCC. The van der Waals surface area contributed by atoms with Crippen molar-refractivity contribution in [3.63, 3.8) is 0 Å². The highest BCUT2D eigenvalue weighted by molar-refractivity contribution is 5.89. The first-order valence-corrected chi connectivity index (χ1v) is 5.85. The number of nitrogens with one attached hydrogen (secondary N) is 1. The number of hydrogen-bond donors (Lipinski definition) is 1. The van der Waals surface area contributed by atoms with Gasteiger partial charge in [0.1, 0.15) is 5.70 Å². The summed E-state index contributed by atoms with van der Waals surface area (Å²) in [6.45, 7) is 13.7. The molecule has 0 unspecified atom stereocenters. The lowest BCUT2D eigenvalue weighted by Crippen LogP contribution is -2.20. The summed E-state index contributed by atoms with van der Waals surface area (Å²) in [5.74, 6) is -0.455. The molecule has 3 heteroatoms. The number of carbonyl (C=O) groups excluding carboxylic acids is 1. The summed E-state index contributed by atoms with van der Waals surface area (Å²) in [4.78, 5) is 11.4. The van der Waals surface area contributed by atoms with Gasteiger partial charge < -0.3 is 10.1 Å². The van der Waals surface area contributed by atoms with Gasteiger partial charge in [-0.05, 0) is 26.3 Å². The van der Waals surface area contributed by atoms with E-state index in [2.05, 4.69) is 24.5 Å². The molecule has 0 saturated carbocycles. The minimum absolute atomic E-state index is 0.196. The molecule has 0 atom stereocenters. The van der Waals surface area contributed by atoms with Crippen LogP contribution in [0.2, 0.25) is 0 Å². The highest BCUT2D eigenvalue weighted by atomic mass is 16.5. The molecule has 18 heavy (non-hydrogen) atoms. The molecule has 1 rings (SSSR count). The largest absolute Gasteiger partial charge is 0.461 e. The average Bonchev–Trinajstić information content (AvgIpc) is 2.28. The van der Waals surface area contributed by atoms with Crippen LogP contribution in [0.1, 0.15) is 23.6 Å². The van der Waals surface area contributed by atoms with Crippen molar-refractivity contribution in [3.8, 4) is 0 Å². The van der Waals surface area contributed by atoms with Gasteiger partial charge in [-0.25, -0.2) is 4.79 Å². The summed E-state index contributed by atoms with van der Waals surface area (Å²) in [6, 6.07) is 6.04. The summed E-state index contributed by atoms with van der Waals surface area (Å²) in [7, 11) is 0. The first kappa shape index (κ1) is 14.0.